The van der Waals surface area contributed by atoms with Crippen LogP contribution in [0.1, 0.15) is 27.2 Å². The molecular formula is C11H21F3N2. The lowest BCUT2D eigenvalue weighted by Gasteiger charge is -2.43. The second-order valence-corrected chi connectivity index (χ2v) is 5.04. The van der Waals surface area contributed by atoms with Crippen LogP contribution in [0.3, 0.4) is 0 Å². The molecule has 0 spiro atoms. The largest absolute Gasteiger partial charge is 0.401 e. The van der Waals surface area contributed by atoms with E-state index >= 15 is 0 Å². The topological polar surface area (TPSA) is 6.48 Å². The fourth-order valence-electron chi connectivity index (χ4n) is 1.99. The molecule has 0 aromatic heterocycles. The van der Waals surface area contributed by atoms with Crippen LogP contribution in [0.15, 0.2) is 0 Å². The Bertz CT molecular complexity index is 218. The number of alkyl halides is 3. The zero-order valence-electron chi connectivity index (χ0n) is 10.3. The number of halogens is 3. The Morgan fingerprint density at radius 1 is 1.00 bits per heavy atom. The first-order valence-corrected chi connectivity index (χ1v) is 5.79. The SMILES string of the molecule is CCC(C)(C)N1CCN(CC(F)(F)F)CC1. The molecule has 1 rings (SSSR count). The maximum Gasteiger partial charge on any atom is 0.401 e. The van der Waals surface area contributed by atoms with Crippen LogP contribution in [-0.4, -0.2) is 54.2 Å². The van der Waals surface area contributed by atoms with Crippen LogP contribution in [-0.2, 0) is 0 Å². The minimum atomic E-state index is -4.07. The first-order chi connectivity index (χ1) is 7.24. The zero-order valence-corrected chi connectivity index (χ0v) is 10.3. The van der Waals surface area contributed by atoms with Gasteiger partial charge in [-0.15, -0.1) is 0 Å². The Kier molecular flexibility index (Phi) is 4.23. The van der Waals surface area contributed by atoms with Crippen molar-refractivity contribution in [3.05, 3.63) is 0 Å². The first kappa shape index (κ1) is 13.8. The highest BCUT2D eigenvalue weighted by molar-refractivity contribution is 4.84. The van der Waals surface area contributed by atoms with Gasteiger partial charge in [0.15, 0.2) is 0 Å². The third-order valence-corrected chi connectivity index (χ3v) is 3.50. The van der Waals surface area contributed by atoms with E-state index in [0.29, 0.717) is 13.1 Å². The molecule has 0 saturated carbocycles. The van der Waals surface area contributed by atoms with Gasteiger partial charge in [-0.05, 0) is 20.3 Å². The van der Waals surface area contributed by atoms with Crippen molar-refractivity contribution in [2.45, 2.75) is 38.9 Å². The lowest BCUT2D eigenvalue weighted by atomic mass is 9.98. The van der Waals surface area contributed by atoms with Crippen molar-refractivity contribution < 1.29 is 13.2 Å². The summed E-state index contributed by atoms with van der Waals surface area (Å²) in [5.41, 5.74) is 0.102. The van der Waals surface area contributed by atoms with Crippen LogP contribution in [0.4, 0.5) is 13.2 Å². The molecule has 0 aromatic carbocycles. The molecule has 1 aliphatic rings. The molecule has 1 saturated heterocycles. The molecule has 0 aliphatic carbocycles. The van der Waals surface area contributed by atoms with Gasteiger partial charge in [-0.2, -0.15) is 13.2 Å². The van der Waals surface area contributed by atoms with E-state index in [2.05, 4.69) is 25.7 Å². The third-order valence-electron chi connectivity index (χ3n) is 3.50. The Morgan fingerprint density at radius 3 is 1.88 bits per heavy atom. The molecule has 2 nitrogen and oxygen atoms in total. The van der Waals surface area contributed by atoms with Gasteiger partial charge in [-0.3, -0.25) is 9.80 Å². The molecule has 0 N–H and O–H groups in total. The van der Waals surface area contributed by atoms with Crippen molar-refractivity contribution >= 4 is 0 Å². The molecule has 0 amide bonds. The molecular weight excluding hydrogens is 217 g/mol. The molecule has 16 heavy (non-hydrogen) atoms. The van der Waals surface area contributed by atoms with E-state index in [0.717, 1.165) is 19.5 Å². The van der Waals surface area contributed by atoms with Crippen LogP contribution >= 0.6 is 0 Å². The van der Waals surface area contributed by atoms with E-state index in [1.54, 1.807) is 0 Å². The maximum atomic E-state index is 12.2. The van der Waals surface area contributed by atoms with Gasteiger partial charge in [-0.25, -0.2) is 0 Å². The molecule has 1 heterocycles. The van der Waals surface area contributed by atoms with E-state index < -0.39 is 12.7 Å². The van der Waals surface area contributed by atoms with E-state index in [1.165, 1.54) is 4.90 Å². The van der Waals surface area contributed by atoms with Crippen molar-refractivity contribution in [1.29, 1.82) is 0 Å². The fraction of sp³-hybridized carbons (Fsp3) is 1.00. The van der Waals surface area contributed by atoms with E-state index in [9.17, 15) is 13.2 Å². The summed E-state index contributed by atoms with van der Waals surface area (Å²) in [7, 11) is 0. The molecule has 5 heteroatoms. The Morgan fingerprint density at radius 2 is 1.50 bits per heavy atom. The van der Waals surface area contributed by atoms with Gasteiger partial charge in [0.25, 0.3) is 0 Å². The Labute approximate surface area is 95.4 Å². The Hall–Kier alpha value is -0.290. The maximum absolute atomic E-state index is 12.2. The smallest absolute Gasteiger partial charge is 0.296 e. The molecule has 1 aliphatic heterocycles. The van der Waals surface area contributed by atoms with Crippen LogP contribution in [0, 0.1) is 0 Å². The van der Waals surface area contributed by atoms with E-state index in [4.69, 9.17) is 0 Å². The van der Waals surface area contributed by atoms with Gasteiger partial charge in [0.2, 0.25) is 0 Å². The minimum Gasteiger partial charge on any atom is -0.296 e. The summed E-state index contributed by atoms with van der Waals surface area (Å²) in [5.74, 6) is 0. The normalized spacial score (nSPS) is 21.4. The van der Waals surface area contributed by atoms with Gasteiger partial charge < -0.3 is 0 Å². The average Bonchev–Trinajstić information content (AvgIpc) is 2.16. The Balaban J connectivity index is 2.40. The summed E-state index contributed by atoms with van der Waals surface area (Å²) in [4.78, 5) is 3.77. The van der Waals surface area contributed by atoms with Crippen molar-refractivity contribution in [3.63, 3.8) is 0 Å². The lowest BCUT2D eigenvalue weighted by Crippen LogP contribution is -2.55. The number of rotatable bonds is 3. The van der Waals surface area contributed by atoms with Gasteiger partial charge in [0.05, 0.1) is 6.54 Å². The fourth-order valence-corrected chi connectivity index (χ4v) is 1.99. The van der Waals surface area contributed by atoms with Gasteiger partial charge >= 0.3 is 6.18 Å². The summed E-state index contributed by atoms with van der Waals surface area (Å²) in [6.07, 6.45) is -3.05. The summed E-state index contributed by atoms with van der Waals surface area (Å²) < 4.78 is 36.5. The lowest BCUT2D eigenvalue weighted by molar-refractivity contribution is -0.150. The second kappa shape index (κ2) is 4.92. The third kappa shape index (κ3) is 3.94. The highest BCUT2D eigenvalue weighted by Gasteiger charge is 2.34. The highest BCUT2D eigenvalue weighted by atomic mass is 19.4. The molecule has 0 unspecified atom stereocenters. The average molecular weight is 238 g/mol. The van der Waals surface area contributed by atoms with Crippen molar-refractivity contribution in [1.82, 2.24) is 9.80 Å². The number of nitrogens with zero attached hydrogens (tertiary/aromatic N) is 2. The summed E-state index contributed by atoms with van der Waals surface area (Å²) in [6, 6.07) is 0. The quantitative estimate of drug-likeness (QED) is 0.744. The van der Waals surface area contributed by atoms with Crippen LogP contribution < -0.4 is 0 Å². The predicted octanol–water partition coefficient (Wildman–Crippen LogP) is 2.35. The van der Waals surface area contributed by atoms with Crippen molar-refractivity contribution in [2.24, 2.45) is 0 Å². The molecule has 96 valence electrons. The molecule has 1 fully saturated rings. The highest BCUT2D eigenvalue weighted by Crippen LogP contribution is 2.22. The number of hydrogen-bond donors (Lipinski definition) is 0. The van der Waals surface area contributed by atoms with Gasteiger partial charge in [-0.1, -0.05) is 6.92 Å². The molecule has 0 bridgehead atoms. The van der Waals surface area contributed by atoms with Gasteiger partial charge in [0, 0.05) is 31.7 Å². The monoisotopic (exact) mass is 238 g/mol. The second-order valence-electron chi connectivity index (χ2n) is 5.04. The summed E-state index contributed by atoms with van der Waals surface area (Å²) in [5, 5.41) is 0. The molecule has 0 atom stereocenters. The number of hydrogen-bond acceptors (Lipinski definition) is 2. The summed E-state index contributed by atoms with van der Waals surface area (Å²) >= 11 is 0. The molecule has 0 radical (unpaired) electrons. The minimum absolute atomic E-state index is 0.102. The van der Waals surface area contributed by atoms with Crippen LogP contribution in [0.2, 0.25) is 0 Å². The van der Waals surface area contributed by atoms with Crippen molar-refractivity contribution in [3.8, 4) is 0 Å². The van der Waals surface area contributed by atoms with Crippen molar-refractivity contribution in [2.75, 3.05) is 32.7 Å². The van der Waals surface area contributed by atoms with Gasteiger partial charge in [0.1, 0.15) is 0 Å². The van der Waals surface area contributed by atoms with Crippen LogP contribution in [0.25, 0.3) is 0 Å². The zero-order chi connectivity index (χ0) is 12.4. The summed E-state index contributed by atoms with van der Waals surface area (Å²) in [6.45, 7) is 8.13. The van der Waals surface area contributed by atoms with E-state index in [1.807, 2.05) is 0 Å². The molecule has 0 aromatic rings. The predicted molar refractivity (Wildman–Crippen MR) is 58.4 cm³/mol. The standard InChI is InChI=1S/C11H21F3N2/c1-4-10(2,3)16-7-5-15(6-8-16)9-11(12,13)14/h4-9H2,1-3H3. The van der Waals surface area contributed by atoms with E-state index in [-0.39, 0.29) is 5.54 Å². The van der Waals surface area contributed by atoms with Crippen LogP contribution in [0.5, 0.6) is 0 Å². The number of piperazine rings is 1. The first-order valence-electron chi connectivity index (χ1n) is 5.79.